The molecule has 1 aromatic carbocycles. The molecule has 1 aromatic heterocycles. The number of nitrogens with zero attached hydrogens (tertiary/aromatic N) is 2. The van der Waals surface area contributed by atoms with Crippen molar-refractivity contribution in [3.05, 3.63) is 34.6 Å². The van der Waals surface area contributed by atoms with Crippen LogP contribution in [0.5, 0.6) is 0 Å². The van der Waals surface area contributed by atoms with Crippen LogP contribution in [0.15, 0.2) is 33.9 Å². The number of benzene rings is 1. The fourth-order valence-electron chi connectivity index (χ4n) is 1.91. The van der Waals surface area contributed by atoms with E-state index in [0.717, 1.165) is 6.07 Å². The van der Waals surface area contributed by atoms with Gasteiger partial charge in [0.1, 0.15) is 5.82 Å². The number of rotatable bonds is 3. The summed E-state index contributed by atoms with van der Waals surface area (Å²) in [5.74, 6) is 1.01. The summed E-state index contributed by atoms with van der Waals surface area (Å²) in [6, 6.07) is 2.80. The van der Waals surface area contributed by atoms with E-state index in [-0.39, 0.29) is 5.56 Å². The average Bonchev–Trinajstić information content (AvgIpc) is 2.74. The van der Waals surface area contributed by atoms with Gasteiger partial charge < -0.3 is 4.57 Å². The number of imidazole rings is 1. The Balaban J connectivity index is 2.77. The van der Waals surface area contributed by atoms with E-state index in [1.807, 2.05) is 6.92 Å². The van der Waals surface area contributed by atoms with Crippen molar-refractivity contribution in [1.29, 1.82) is 0 Å². The fourth-order valence-corrected chi connectivity index (χ4v) is 3.39. The molecule has 2 nitrogen and oxygen atoms in total. The van der Waals surface area contributed by atoms with Crippen molar-refractivity contribution in [2.75, 3.05) is 5.75 Å². The molecule has 0 saturated carbocycles. The SMILES string of the molecule is CCSc1cc(Br)cc(C(F)(F)F)c1-c1nccn1C. The molecule has 0 fully saturated rings. The Bertz CT molecular complexity index is 623. The molecule has 0 aliphatic heterocycles. The van der Waals surface area contributed by atoms with Gasteiger partial charge in [-0.05, 0) is 17.9 Å². The molecule has 20 heavy (non-hydrogen) atoms. The van der Waals surface area contributed by atoms with Crippen molar-refractivity contribution in [1.82, 2.24) is 9.55 Å². The van der Waals surface area contributed by atoms with Gasteiger partial charge in [-0.25, -0.2) is 4.98 Å². The highest BCUT2D eigenvalue weighted by molar-refractivity contribution is 9.10. The highest BCUT2D eigenvalue weighted by atomic mass is 79.9. The predicted molar refractivity (Wildman–Crippen MR) is 77.7 cm³/mol. The number of hydrogen-bond acceptors (Lipinski definition) is 2. The van der Waals surface area contributed by atoms with E-state index >= 15 is 0 Å². The third-order valence-electron chi connectivity index (χ3n) is 2.72. The first-order valence-electron chi connectivity index (χ1n) is 5.85. The largest absolute Gasteiger partial charge is 0.417 e. The van der Waals surface area contributed by atoms with Gasteiger partial charge >= 0.3 is 6.18 Å². The molecular formula is C13H12BrF3N2S. The van der Waals surface area contributed by atoms with Crippen molar-refractivity contribution < 1.29 is 13.2 Å². The number of aryl methyl sites for hydroxylation is 1. The summed E-state index contributed by atoms with van der Waals surface area (Å²) in [6.07, 6.45) is -1.29. The Hall–Kier alpha value is -0.950. The van der Waals surface area contributed by atoms with Gasteiger partial charge in [-0.3, -0.25) is 0 Å². The van der Waals surface area contributed by atoms with E-state index in [9.17, 15) is 13.2 Å². The summed E-state index contributed by atoms with van der Waals surface area (Å²) in [6.45, 7) is 1.90. The van der Waals surface area contributed by atoms with Gasteiger partial charge in [0.05, 0.1) is 5.56 Å². The Morgan fingerprint density at radius 2 is 2.05 bits per heavy atom. The zero-order valence-electron chi connectivity index (χ0n) is 10.8. The fraction of sp³-hybridized carbons (Fsp3) is 0.308. The molecule has 0 unspecified atom stereocenters. The van der Waals surface area contributed by atoms with Crippen molar-refractivity contribution in [2.24, 2.45) is 7.05 Å². The van der Waals surface area contributed by atoms with Crippen molar-refractivity contribution in [3.8, 4) is 11.4 Å². The first-order chi connectivity index (χ1) is 9.34. The molecule has 108 valence electrons. The van der Waals surface area contributed by atoms with Gasteiger partial charge in [0.2, 0.25) is 0 Å². The van der Waals surface area contributed by atoms with Crippen LogP contribution >= 0.6 is 27.7 Å². The lowest BCUT2D eigenvalue weighted by Gasteiger charge is -2.17. The Labute approximate surface area is 127 Å². The first kappa shape index (κ1) is 15.4. The van der Waals surface area contributed by atoms with Gasteiger partial charge in [-0.2, -0.15) is 13.2 Å². The number of hydrogen-bond donors (Lipinski definition) is 0. The minimum atomic E-state index is -4.42. The van der Waals surface area contributed by atoms with Crippen LogP contribution in [-0.2, 0) is 13.2 Å². The molecule has 0 radical (unpaired) electrons. The molecule has 0 spiro atoms. The average molecular weight is 365 g/mol. The molecular weight excluding hydrogens is 353 g/mol. The van der Waals surface area contributed by atoms with Crippen LogP contribution < -0.4 is 0 Å². The monoisotopic (exact) mass is 364 g/mol. The maximum absolute atomic E-state index is 13.3. The minimum absolute atomic E-state index is 0.139. The number of alkyl halides is 3. The second kappa shape index (κ2) is 5.81. The Morgan fingerprint density at radius 3 is 2.55 bits per heavy atom. The normalized spacial score (nSPS) is 11.9. The molecule has 0 N–H and O–H groups in total. The summed E-state index contributed by atoms with van der Waals surface area (Å²) in [5, 5.41) is 0. The lowest BCUT2D eigenvalue weighted by molar-refractivity contribution is -0.137. The van der Waals surface area contributed by atoms with Crippen molar-refractivity contribution >= 4 is 27.7 Å². The number of aromatic nitrogens is 2. The molecule has 2 aromatic rings. The Morgan fingerprint density at radius 1 is 1.35 bits per heavy atom. The lowest BCUT2D eigenvalue weighted by Crippen LogP contribution is -2.10. The molecule has 0 aliphatic rings. The zero-order valence-corrected chi connectivity index (χ0v) is 13.2. The third kappa shape index (κ3) is 3.03. The maximum atomic E-state index is 13.3. The summed E-state index contributed by atoms with van der Waals surface area (Å²) in [4.78, 5) is 4.64. The van der Waals surface area contributed by atoms with Gasteiger partial charge in [0.15, 0.2) is 0 Å². The standard InChI is InChI=1S/C13H12BrF3N2S/c1-3-20-10-7-8(14)6-9(13(15,16)17)11(10)12-18-4-5-19(12)2/h4-7H,3H2,1-2H3. The van der Waals surface area contributed by atoms with Gasteiger partial charge in [0, 0.05) is 34.4 Å². The molecule has 0 bridgehead atoms. The smallest absolute Gasteiger partial charge is 0.334 e. The van der Waals surface area contributed by atoms with Crippen molar-refractivity contribution in [3.63, 3.8) is 0 Å². The topological polar surface area (TPSA) is 17.8 Å². The molecule has 0 amide bonds. The van der Waals surface area contributed by atoms with E-state index in [1.54, 1.807) is 23.9 Å². The first-order valence-corrected chi connectivity index (χ1v) is 7.63. The zero-order chi connectivity index (χ0) is 14.9. The molecule has 0 aliphatic carbocycles. The summed E-state index contributed by atoms with van der Waals surface area (Å²) >= 11 is 4.52. The van der Waals surface area contributed by atoms with Crippen LogP contribution in [0, 0.1) is 0 Å². The van der Waals surface area contributed by atoms with Crippen LogP contribution in [0.2, 0.25) is 0 Å². The van der Waals surface area contributed by atoms with E-state index < -0.39 is 11.7 Å². The molecule has 0 saturated heterocycles. The molecule has 2 rings (SSSR count). The Kier molecular flexibility index (Phi) is 4.49. The van der Waals surface area contributed by atoms with Crippen LogP contribution in [-0.4, -0.2) is 15.3 Å². The lowest BCUT2D eigenvalue weighted by atomic mass is 10.1. The van der Waals surface area contributed by atoms with Gasteiger partial charge in [-0.15, -0.1) is 11.8 Å². The van der Waals surface area contributed by atoms with E-state index in [1.165, 1.54) is 18.0 Å². The van der Waals surface area contributed by atoms with Gasteiger partial charge in [-0.1, -0.05) is 22.9 Å². The highest BCUT2D eigenvalue weighted by Gasteiger charge is 2.36. The van der Waals surface area contributed by atoms with E-state index in [4.69, 9.17) is 0 Å². The minimum Gasteiger partial charge on any atom is -0.334 e. The second-order valence-electron chi connectivity index (χ2n) is 4.12. The third-order valence-corrected chi connectivity index (χ3v) is 4.10. The summed E-state index contributed by atoms with van der Waals surface area (Å²) < 4.78 is 41.9. The van der Waals surface area contributed by atoms with E-state index in [2.05, 4.69) is 20.9 Å². The van der Waals surface area contributed by atoms with Crippen LogP contribution in [0.4, 0.5) is 13.2 Å². The van der Waals surface area contributed by atoms with Crippen molar-refractivity contribution in [2.45, 2.75) is 18.0 Å². The van der Waals surface area contributed by atoms with Gasteiger partial charge in [0.25, 0.3) is 0 Å². The van der Waals surface area contributed by atoms with Crippen LogP contribution in [0.1, 0.15) is 12.5 Å². The maximum Gasteiger partial charge on any atom is 0.417 e. The highest BCUT2D eigenvalue weighted by Crippen LogP contribution is 2.43. The quantitative estimate of drug-likeness (QED) is 0.714. The van der Waals surface area contributed by atoms with Crippen LogP contribution in [0.3, 0.4) is 0 Å². The molecule has 0 atom stereocenters. The van der Waals surface area contributed by atoms with Crippen LogP contribution in [0.25, 0.3) is 11.4 Å². The van der Waals surface area contributed by atoms with E-state index in [0.29, 0.717) is 20.9 Å². The summed E-state index contributed by atoms with van der Waals surface area (Å²) in [7, 11) is 1.69. The number of thioether (sulfide) groups is 1. The number of halogens is 4. The molecule has 1 heterocycles. The molecule has 7 heteroatoms. The summed E-state index contributed by atoms with van der Waals surface area (Å²) in [5.41, 5.74) is -0.530. The predicted octanol–water partition coefficient (Wildman–Crippen LogP) is 4.98. The second-order valence-corrected chi connectivity index (χ2v) is 6.34.